The number of aryl methyl sites for hydroxylation is 1. The largest absolute Gasteiger partial charge is 0.361 e. The van der Waals surface area contributed by atoms with E-state index in [2.05, 4.69) is 15.6 Å². The van der Waals surface area contributed by atoms with Crippen LogP contribution in [0.2, 0.25) is 0 Å². The van der Waals surface area contributed by atoms with Crippen molar-refractivity contribution in [1.29, 1.82) is 0 Å². The molecule has 1 unspecified atom stereocenters. The normalized spacial score (nSPS) is 21.3. The number of nitrogens with one attached hydrogen (secondary N) is 2. The first kappa shape index (κ1) is 10.2. The van der Waals surface area contributed by atoms with Crippen molar-refractivity contribution in [3.05, 3.63) is 22.7 Å². The van der Waals surface area contributed by atoms with Crippen LogP contribution in [0.15, 0.2) is 17.2 Å². The van der Waals surface area contributed by atoms with Crippen molar-refractivity contribution in [3.63, 3.8) is 0 Å². The van der Waals surface area contributed by atoms with Gasteiger partial charge in [0.1, 0.15) is 0 Å². The Bertz CT molecular complexity index is 381. The Hall–Kier alpha value is -1.36. The molecule has 2 heterocycles. The Labute approximate surface area is 88.5 Å². The Balaban J connectivity index is 2.09. The van der Waals surface area contributed by atoms with Crippen LogP contribution in [-0.4, -0.2) is 28.7 Å². The summed E-state index contributed by atoms with van der Waals surface area (Å²) < 4.78 is 1.53. The van der Waals surface area contributed by atoms with Gasteiger partial charge in [0, 0.05) is 32.0 Å². The number of rotatable bonds is 2. The molecule has 0 spiro atoms. The summed E-state index contributed by atoms with van der Waals surface area (Å²) >= 11 is 0. The molecule has 0 bridgehead atoms. The molecule has 1 atom stereocenters. The number of hydrogen-bond donors (Lipinski definition) is 2. The highest BCUT2D eigenvalue weighted by Crippen LogP contribution is 2.05. The summed E-state index contributed by atoms with van der Waals surface area (Å²) in [5, 5.41) is 6.47. The third-order valence-electron chi connectivity index (χ3n) is 2.65. The molecule has 0 aliphatic carbocycles. The Morgan fingerprint density at radius 3 is 3.27 bits per heavy atom. The Morgan fingerprint density at radius 1 is 1.67 bits per heavy atom. The predicted octanol–water partition coefficient (Wildman–Crippen LogP) is -0.0558. The number of nitrogens with zero attached hydrogens (tertiary/aromatic N) is 2. The molecule has 15 heavy (non-hydrogen) atoms. The van der Waals surface area contributed by atoms with Crippen LogP contribution in [0, 0.1) is 0 Å². The first-order chi connectivity index (χ1) is 7.27. The number of anilines is 1. The standard InChI is InChI=1S/C10H16N4O/c1-14-6-5-12-9(10(14)15)13-8-3-2-4-11-7-8/h5-6,8,11H,2-4,7H2,1H3,(H,12,13). The van der Waals surface area contributed by atoms with E-state index >= 15 is 0 Å². The van der Waals surface area contributed by atoms with Gasteiger partial charge in [-0.3, -0.25) is 4.79 Å². The van der Waals surface area contributed by atoms with Gasteiger partial charge in [-0.05, 0) is 19.4 Å². The maximum Gasteiger partial charge on any atom is 0.293 e. The topological polar surface area (TPSA) is 59.0 Å². The van der Waals surface area contributed by atoms with Crippen molar-refractivity contribution in [2.45, 2.75) is 18.9 Å². The molecular weight excluding hydrogens is 192 g/mol. The molecule has 82 valence electrons. The van der Waals surface area contributed by atoms with Crippen molar-refractivity contribution >= 4 is 5.82 Å². The number of hydrogen-bond acceptors (Lipinski definition) is 4. The summed E-state index contributed by atoms with van der Waals surface area (Å²) in [5.41, 5.74) is -0.0666. The summed E-state index contributed by atoms with van der Waals surface area (Å²) in [4.78, 5) is 15.7. The van der Waals surface area contributed by atoms with Crippen LogP contribution in [0.5, 0.6) is 0 Å². The predicted molar refractivity (Wildman–Crippen MR) is 59.0 cm³/mol. The van der Waals surface area contributed by atoms with Crippen molar-refractivity contribution in [3.8, 4) is 0 Å². The fourth-order valence-corrected chi connectivity index (χ4v) is 1.77. The van der Waals surface area contributed by atoms with Gasteiger partial charge in [-0.15, -0.1) is 0 Å². The molecule has 1 saturated heterocycles. The molecule has 0 amide bonds. The molecule has 0 saturated carbocycles. The van der Waals surface area contributed by atoms with Crippen LogP contribution in [0.4, 0.5) is 5.82 Å². The van der Waals surface area contributed by atoms with Gasteiger partial charge >= 0.3 is 0 Å². The molecule has 0 radical (unpaired) electrons. The lowest BCUT2D eigenvalue weighted by atomic mass is 10.1. The molecule has 1 aromatic rings. The quantitative estimate of drug-likeness (QED) is 0.715. The van der Waals surface area contributed by atoms with Gasteiger partial charge in [0.05, 0.1) is 0 Å². The lowest BCUT2D eigenvalue weighted by Crippen LogP contribution is -2.40. The second kappa shape index (κ2) is 4.44. The second-order valence-electron chi connectivity index (χ2n) is 3.88. The minimum Gasteiger partial charge on any atom is -0.361 e. The van der Waals surface area contributed by atoms with Crippen LogP contribution in [-0.2, 0) is 7.05 Å². The highest BCUT2D eigenvalue weighted by molar-refractivity contribution is 5.32. The van der Waals surface area contributed by atoms with Gasteiger partial charge in [0.25, 0.3) is 5.56 Å². The minimum absolute atomic E-state index is 0.0666. The van der Waals surface area contributed by atoms with Gasteiger partial charge in [-0.2, -0.15) is 0 Å². The first-order valence-corrected chi connectivity index (χ1v) is 5.26. The van der Waals surface area contributed by atoms with Crippen LogP contribution >= 0.6 is 0 Å². The monoisotopic (exact) mass is 208 g/mol. The van der Waals surface area contributed by atoms with E-state index in [1.807, 2.05) is 0 Å². The highest BCUT2D eigenvalue weighted by atomic mass is 16.1. The third kappa shape index (κ3) is 2.36. The Morgan fingerprint density at radius 2 is 2.53 bits per heavy atom. The molecule has 0 aromatic carbocycles. The maximum atomic E-state index is 11.7. The summed E-state index contributed by atoms with van der Waals surface area (Å²) in [7, 11) is 1.73. The second-order valence-corrected chi connectivity index (χ2v) is 3.88. The number of piperidine rings is 1. The molecule has 1 aromatic heterocycles. The fraction of sp³-hybridized carbons (Fsp3) is 0.600. The van der Waals surface area contributed by atoms with E-state index in [0.717, 1.165) is 25.9 Å². The van der Waals surface area contributed by atoms with E-state index in [1.165, 1.54) is 4.57 Å². The van der Waals surface area contributed by atoms with Gasteiger partial charge in [0.2, 0.25) is 0 Å². The van der Waals surface area contributed by atoms with E-state index in [-0.39, 0.29) is 5.56 Å². The highest BCUT2D eigenvalue weighted by Gasteiger charge is 2.14. The lowest BCUT2D eigenvalue weighted by molar-refractivity contribution is 0.478. The van der Waals surface area contributed by atoms with Crippen LogP contribution in [0.1, 0.15) is 12.8 Å². The molecule has 5 heteroatoms. The van der Waals surface area contributed by atoms with Gasteiger partial charge in [-0.1, -0.05) is 0 Å². The Kier molecular flexibility index (Phi) is 3.01. The van der Waals surface area contributed by atoms with Gasteiger partial charge in [0.15, 0.2) is 5.82 Å². The van der Waals surface area contributed by atoms with Crippen molar-refractivity contribution in [2.24, 2.45) is 7.05 Å². The molecule has 5 nitrogen and oxygen atoms in total. The van der Waals surface area contributed by atoms with Crippen molar-refractivity contribution in [1.82, 2.24) is 14.9 Å². The molecule has 1 aliphatic rings. The summed E-state index contributed by atoms with van der Waals surface area (Å²) in [5.74, 6) is 0.453. The summed E-state index contributed by atoms with van der Waals surface area (Å²) in [6.07, 6.45) is 5.53. The molecule has 2 N–H and O–H groups in total. The van der Waals surface area contributed by atoms with E-state index < -0.39 is 0 Å². The fourth-order valence-electron chi connectivity index (χ4n) is 1.77. The summed E-state index contributed by atoms with van der Waals surface area (Å²) in [6, 6.07) is 0.321. The van der Waals surface area contributed by atoms with E-state index in [4.69, 9.17) is 0 Å². The molecular formula is C10H16N4O. The zero-order valence-corrected chi connectivity index (χ0v) is 8.86. The van der Waals surface area contributed by atoms with Crippen molar-refractivity contribution < 1.29 is 0 Å². The summed E-state index contributed by atoms with van der Waals surface area (Å²) in [6.45, 7) is 1.97. The van der Waals surface area contributed by atoms with Crippen LogP contribution in [0.3, 0.4) is 0 Å². The third-order valence-corrected chi connectivity index (χ3v) is 2.65. The van der Waals surface area contributed by atoms with E-state index in [1.54, 1.807) is 19.4 Å². The SMILES string of the molecule is Cn1ccnc(NC2CCCNC2)c1=O. The average molecular weight is 208 g/mol. The molecule has 1 fully saturated rings. The van der Waals surface area contributed by atoms with E-state index in [9.17, 15) is 4.79 Å². The minimum atomic E-state index is -0.0666. The molecule has 2 rings (SSSR count). The van der Waals surface area contributed by atoms with Gasteiger partial charge in [-0.25, -0.2) is 4.98 Å². The number of aromatic nitrogens is 2. The zero-order chi connectivity index (χ0) is 10.7. The van der Waals surface area contributed by atoms with Crippen LogP contribution < -0.4 is 16.2 Å². The average Bonchev–Trinajstić information content (AvgIpc) is 2.26. The van der Waals surface area contributed by atoms with E-state index in [0.29, 0.717) is 11.9 Å². The van der Waals surface area contributed by atoms with Crippen molar-refractivity contribution in [2.75, 3.05) is 18.4 Å². The van der Waals surface area contributed by atoms with Crippen LogP contribution in [0.25, 0.3) is 0 Å². The lowest BCUT2D eigenvalue weighted by Gasteiger charge is -2.23. The maximum absolute atomic E-state index is 11.7. The molecule has 1 aliphatic heterocycles. The zero-order valence-electron chi connectivity index (χ0n) is 8.86. The smallest absolute Gasteiger partial charge is 0.293 e. The van der Waals surface area contributed by atoms with Gasteiger partial charge < -0.3 is 15.2 Å². The first-order valence-electron chi connectivity index (χ1n) is 5.26.